The number of cyclic esters (lactones) is 1. The van der Waals surface area contributed by atoms with Crippen molar-refractivity contribution in [3.05, 3.63) is 65.0 Å². The van der Waals surface area contributed by atoms with Gasteiger partial charge in [0.2, 0.25) is 5.91 Å². The fourth-order valence-corrected chi connectivity index (χ4v) is 19.4. The average Bonchev–Trinajstić information content (AvgIpc) is 1.62. The topological polar surface area (TPSA) is 370 Å². The first-order valence-electron chi connectivity index (χ1n) is 46.2. The minimum Gasteiger partial charge on any atom is -0.550 e. The number of amides is 1. The van der Waals surface area contributed by atoms with E-state index in [-0.39, 0.29) is 101 Å². The number of aliphatic hydroxyl groups excluding tert-OH is 6. The number of ketones is 3. The lowest BCUT2D eigenvalue weighted by molar-refractivity contribution is -0.929. The molecule has 5 aliphatic heterocycles. The summed E-state index contributed by atoms with van der Waals surface area (Å²) in [5.74, 6) is -5.44. The van der Waals surface area contributed by atoms with Gasteiger partial charge in [-0.3, -0.25) is 24.0 Å². The van der Waals surface area contributed by atoms with Gasteiger partial charge >= 0.3 is 5.97 Å². The summed E-state index contributed by atoms with van der Waals surface area (Å²) in [6, 6.07) is -0.378. The second kappa shape index (κ2) is 48.7. The molecule has 1 amide bonds. The molecule has 0 radical (unpaired) electrons. The average molecular weight is 1780 g/mol. The second-order valence-electron chi connectivity index (χ2n) is 39.6. The molecule has 3 aromatic heterocycles. The van der Waals surface area contributed by atoms with Crippen LogP contribution in [0.4, 0.5) is 0 Å². The maximum absolute atomic E-state index is 13.2. The van der Waals surface area contributed by atoms with Crippen LogP contribution in [0.5, 0.6) is 0 Å². The number of esters is 1. The minimum atomic E-state index is -1.42. The third kappa shape index (κ3) is 32.6. The van der Waals surface area contributed by atoms with Crippen LogP contribution in [0.15, 0.2) is 32.9 Å². The molecule has 8 rings (SSSR count). The summed E-state index contributed by atoms with van der Waals surface area (Å²) in [7, 11) is 0. The highest BCUT2D eigenvalue weighted by Gasteiger charge is 2.56. The number of aryl methyl sites for hydroxylation is 3. The largest absolute Gasteiger partial charge is 0.550 e. The summed E-state index contributed by atoms with van der Waals surface area (Å²) < 4.78 is 25.4. The predicted octanol–water partition coefficient (Wildman–Crippen LogP) is 16.2. The number of hydrogen-bond donors (Lipinski definition) is 8. The molecule has 3 aromatic rings. The SMILES string of the molecule is C/C(=C\c1csc(C)n1)C(N)CC1OC1(C)CCCC(C)C(O)C(C)C(=O)C(C)(C)C(O)CC(=O)[O-].C/C(=C\c1csc(C)n1)C1CC2OC2(C)CCCC(C)C(O)C(C)C(=O)C(C)(C)C(O)CC(=O)N1.C/C(=C\c1csc(C)n1)C1CC2OC2(C)CCCC(C)C(O)C(C)C(=O)C(C)(C)C(O)CC(=O)O1.CCCC[N+](CCCC)(CCCC)CCCC. The molecule has 21 unspecified atom stereocenters. The van der Waals surface area contributed by atoms with Gasteiger partial charge in [-0.2, -0.15) is 0 Å². The number of nitrogens with two attached hydrogens (primary N) is 1. The molecule has 0 aromatic carbocycles. The zero-order valence-electron chi connectivity index (χ0n) is 79.7. The van der Waals surface area contributed by atoms with E-state index in [0.29, 0.717) is 19.3 Å². The van der Waals surface area contributed by atoms with Crippen LogP contribution in [-0.2, 0) is 47.7 Å². The molecule has 0 spiro atoms. The molecular formula is C97H162N6O17S3. The lowest BCUT2D eigenvalue weighted by Crippen LogP contribution is -2.50. The number of quaternary nitrogens is 1. The number of nitrogens with zero attached hydrogens (tertiary/aromatic N) is 4. The number of ether oxygens (including phenoxy) is 4. The van der Waals surface area contributed by atoms with Gasteiger partial charge < -0.3 is 75.0 Å². The van der Waals surface area contributed by atoms with Crippen LogP contribution in [0.1, 0.15) is 332 Å². The number of carbonyl (C=O) groups excluding carboxylic acids is 6. The van der Waals surface area contributed by atoms with Crippen LogP contribution >= 0.6 is 34.0 Å². The van der Waals surface area contributed by atoms with Gasteiger partial charge in [0.1, 0.15) is 23.5 Å². The molecular weight excluding hydrogens is 1620 g/mol. The molecule has 0 saturated carbocycles. The molecule has 5 aliphatic rings. The number of hydrogen-bond acceptors (Lipinski definition) is 24. The van der Waals surface area contributed by atoms with Crippen molar-refractivity contribution in [1.82, 2.24) is 20.3 Å². The fraction of sp³-hybridized carbons (Fsp3) is 0.784. The highest BCUT2D eigenvalue weighted by atomic mass is 32.1. The number of unbranched alkanes of at least 4 members (excludes halogenated alkanes) is 4. The highest BCUT2D eigenvalue weighted by Crippen LogP contribution is 2.48. The Morgan fingerprint density at radius 2 is 1.07 bits per heavy atom. The van der Waals surface area contributed by atoms with E-state index in [9.17, 15) is 64.5 Å². The predicted molar refractivity (Wildman–Crippen MR) is 492 cm³/mol. The van der Waals surface area contributed by atoms with Gasteiger partial charge in [-0.15, -0.1) is 34.0 Å². The molecule has 5 saturated heterocycles. The van der Waals surface area contributed by atoms with Crippen molar-refractivity contribution in [2.45, 2.75) is 411 Å². The van der Waals surface area contributed by atoms with Crippen molar-refractivity contribution in [3.63, 3.8) is 0 Å². The lowest BCUT2D eigenvalue weighted by Gasteiger charge is -2.39. The molecule has 5 fully saturated rings. The number of rotatable bonds is 31. The summed E-state index contributed by atoms with van der Waals surface area (Å²) in [4.78, 5) is 89.6. The van der Waals surface area contributed by atoms with Gasteiger partial charge in [-0.05, 0) is 180 Å². The van der Waals surface area contributed by atoms with Crippen LogP contribution in [0, 0.1) is 72.5 Å². The monoisotopic (exact) mass is 1780 g/mol. The van der Waals surface area contributed by atoms with E-state index < -0.39 is 95.1 Å². The summed E-state index contributed by atoms with van der Waals surface area (Å²) in [6.07, 6.45) is 18.3. The van der Waals surface area contributed by atoms with Gasteiger partial charge in [-0.1, -0.05) is 161 Å². The molecule has 21 atom stereocenters. The molecule has 23 nitrogen and oxygen atoms in total. The summed E-state index contributed by atoms with van der Waals surface area (Å²) >= 11 is 4.75. The molecule has 700 valence electrons. The summed E-state index contributed by atoms with van der Waals surface area (Å²) in [5.41, 5.74) is 7.46. The standard InChI is InChI=1S/C27H44N2O6S.C27H42N2O5S.C27H41NO6S.C16H36N/c1-15(24(33)17(3)25(34)26(5,6)21(30)13-23(31)32)9-8-10-27(7)22(35-27)12-20(28)16(2)11-19-14-36-18(4)29-19;1-15-9-8-10-27(7)22(34-27)12-20(16(2)11-19-14-35-18(4)28-19)29-23(31)13-21(30)26(5,6)25(33)17(3)24(15)32;1-15-9-8-10-27(7)22(34-27)12-20(16(2)11-19-14-35-18(4)28-19)33-23(30)13-21(29)26(5,6)25(32)17(3)24(15)31;1-5-9-13-17(14-10-6-2,15-11-7-3)16-12-8-4/h11,14-15,17,20-22,24,30,33H,8-10,12-13,28H2,1-7H3,(H,31,32);11,14-15,17,20-22,24,30,32H,8-10,12-13H2,1-7H3,(H,29,31);11,14-15,17,20-22,24,29,31H,8-10,12-13H2,1-7H3;5-16H2,1-4H3/q;;;+1/p-1/b3*16-11+;. The third-order valence-corrected chi connectivity index (χ3v) is 30.1. The van der Waals surface area contributed by atoms with Gasteiger partial charge in [-0.25, -0.2) is 15.0 Å². The van der Waals surface area contributed by atoms with Gasteiger partial charge in [0.15, 0.2) is 0 Å². The number of carbonyl (C=O) groups is 6. The molecule has 0 bridgehead atoms. The van der Waals surface area contributed by atoms with Crippen LogP contribution < -0.4 is 16.2 Å². The smallest absolute Gasteiger partial charge is 0.309 e. The van der Waals surface area contributed by atoms with Crippen LogP contribution in [-0.4, -0.2) is 201 Å². The Bertz CT molecular complexity index is 3730. The Morgan fingerprint density at radius 3 is 1.49 bits per heavy atom. The Labute approximate surface area is 750 Å². The Hall–Kier alpha value is -4.91. The van der Waals surface area contributed by atoms with E-state index in [1.807, 2.05) is 96.7 Å². The van der Waals surface area contributed by atoms with E-state index in [1.165, 1.54) is 95.9 Å². The number of thiazole rings is 3. The Balaban J connectivity index is 0.000000300. The Morgan fingerprint density at radius 1 is 0.642 bits per heavy atom. The lowest BCUT2D eigenvalue weighted by atomic mass is 9.72. The Kier molecular flexibility index (Phi) is 43.0. The van der Waals surface area contributed by atoms with Crippen LogP contribution in [0.25, 0.3) is 18.2 Å². The fourth-order valence-electron chi connectivity index (χ4n) is 17.7. The van der Waals surface area contributed by atoms with Crippen molar-refractivity contribution in [1.29, 1.82) is 0 Å². The van der Waals surface area contributed by atoms with E-state index in [1.54, 1.807) is 82.5 Å². The number of epoxide rings is 3. The molecule has 26 heteroatoms. The number of Topliss-reactive ketones (excluding diaryl/α,β-unsaturated/α-hetero) is 3. The van der Waals surface area contributed by atoms with Crippen LogP contribution in [0.3, 0.4) is 0 Å². The number of carboxylic acids is 1. The number of fused-ring (bicyclic) bond motifs is 2. The van der Waals surface area contributed by atoms with E-state index in [2.05, 4.69) is 68.7 Å². The first-order chi connectivity index (χ1) is 57.3. The molecule has 123 heavy (non-hydrogen) atoms. The van der Waals surface area contributed by atoms with Crippen LogP contribution in [0.2, 0.25) is 0 Å². The number of carboxylic acid groups (broad SMARTS) is 1. The van der Waals surface area contributed by atoms with Crippen molar-refractivity contribution >= 4 is 87.4 Å². The number of aliphatic carboxylic acids is 1. The van der Waals surface area contributed by atoms with Gasteiger partial charge in [0.25, 0.3) is 0 Å². The molecule has 0 aliphatic carbocycles. The summed E-state index contributed by atoms with van der Waals surface area (Å²) in [6.45, 7) is 53.5. The normalized spacial score (nSPS) is 30.2. The second-order valence-corrected chi connectivity index (χ2v) is 42.8. The van der Waals surface area contributed by atoms with E-state index in [4.69, 9.17) is 24.7 Å². The zero-order chi connectivity index (χ0) is 92.7. The van der Waals surface area contributed by atoms with Gasteiger partial charge in [0.05, 0.1) is 160 Å². The summed E-state index contributed by atoms with van der Waals surface area (Å²) in [5, 5.41) is 87.2. The van der Waals surface area contributed by atoms with Crippen molar-refractivity contribution in [2.75, 3.05) is 26.2 Å². The quantitative estimate of drug-likeness (QED) is 0.0168. The van der Waals surface area contributed by atoms with Crippen molar-refractivity contribution in [2.24, 2.45) is 57.5 Å². The number of aliphatic hydroxyl groups is 6. The van der Waals surface area contributed by atoms with Gasteiger partial charge in [0, 0.05) is 70.6 Å². The minimum absolute atomic E-state index is 0.0170. The first-order valence-corrected chi connectivity index (χ1v) is 48.8. The molecule has 8 heterocycles. The maximum Gasteiger partial charge on any atom is 0.309 e. The first kappa shape index (κ1) is 109. The number of nitrogens with one attached hydrogen (secondary N) is 1. The highest BCUT2D eigenvalue weighted by molar-refractivity contribution is 7.10. The van der Waals surface area contributed by atoms with E-state index in [0.717, 1.165) is 107 Å². The van der Waals surface area contributed by atoms with Crippen molar-refractivity contribution < 1.29 is 87.9 Å². The van der Waals surface area contributed by atoms with Crippen molar-refractivity contribution in [3.8, 4) is 0 Å². The van der Waals surface area contributed by atoms with E-state index >= 15 is 0 Å². The zero-order valence-corrected chi connectivity index (χ0v) is 82.2. The third-order valence-electron chi connectivity index (χ3n) is 27.7. The molecule has 9 N–H and O–H groups in total. The maximum atomic E-state index is 13.2. The number of aromatic nitrogens is 3.